The second kappa shape index (κ2) is 5.11. The second-order valence-corrected chi connectivity index (χ2v) is 5.95. The predicted molar refractivity (Wildman–Crippen MR) is 84.7 cm³/mol. The van der Waals surface area contributed by atoms with Gasteiger partial charge in [0.15, 0.2) is 5.96 Å². The highest BCUT2D eigenvalue weighted by Gasteiger charge is 2.42. The maximum atomic E-state index is 13.1. The number of halogens is 2. The van der Waals surface area contributed by atoms with Gasteiger partial charge in [0.2, 0.25) is 0 Å². The Kier molecular flexibility index (Phi) is 3.41. The van der Waals surface area contributed by atoms with E-state index in [1.54, 1.807) is 6.07 Å². The van der Waals surface area contributed by atoms with Gasteiger partial charge in [0, 0.05) is 4.47 Å². The van der Waals surface area contributed by atoms with Crippen LogP contribution >= 0.6 is 15.9 Å². The van der Waals surface area contributed by atoms with Crippen molar-refractivity contribution in [3.8, 4) is 0 Å². The molecule has 1 aliphatic rings. The SMILES string of the molecule is CC1(c2ccc(F)cn2)CN=C(N)N1c1ccccc1Br. The van der Waals surface area contributed by atoms with Gasteiger partial charge in [-0.1, -0.05) is 12.1 Å². The largest absolute Gasteiger partial charge is 0.369 e. The van der Waals surface area contributed by atoms with Crippen molar-refractivity contribution in [3.63, 3.8) is 0 Å². The maximum Gasteiger partial charge on any atom is 0.196 e. The standard InChI is InChI=1S/C15H14BrFN4/c1-15(13-7-6-10(17)8-19-13)9-20-14(18)21(15)12-5-3-2-4-11(12)16/h2-8H,9H2,1H3,(H2,18,20). The van der Waals surface area contributed by atoms with Crippen LogP contribution in [-0.4, -0.2) is 17.5 Å². The molecule has 2 heterocycles. The number of nitrogens with zero attached hydrogens (tertiary/aromatic N) is 3. The first-order chi connectivity index (χ1) is 10.0. The minimum Gasteiger partial charge on any atom is -0.369 e. The Bertz CT molecular complexity index is 701. The van der Waals surface area contributed by atoms with Crippen molar-refractivity contribution >= 4 is 27.6 Å². The molecule has 0 amide bonds. The van der Waals surface area contributed by atoms with E-state index in [0.29, 0.717) is 12.5 Å². The zero-order valence-electron chi connectivity index (χ0n) is 11.4. The summed E-state index contributed by atoms with van der Waals surface area (Å²) in [5.74, 6) is 0.0669. The van der Waals surface area contributed by atoms with E-state index in [0.717, 1.165) is 15.9 Å². The van der Waals surface area contributed by atoms with Crippen LogP contribution in [0.4, 0.5) is 10.1 Å². The quantitative estimate of drug-likeness (QED) is 0.907. The van der Waals surface area contributed by atoms with E-state index in [2.05, 4.69) is 25.9 Å². The van der Waals surface area contributed by atoms with E-state index < -0.39 is 5.54 Å². The van der Waals surface area contributed by atoms with Gasteiger partial charge in [-0.05, 0) is 47.1 Å². The molecular formula is C15H14BrFN4. The fourth-order valence-corrected chi connectivity index (χ4v) is 3.00. The average molecular weight is 349 g/mol. The van der Waals surface area contributed by atoms with Gasteiger partial charge < -0.3 is 5.73 Å². The third-order valence-corrected chi connectivity index (χ3v) is 4.31. The normalized spacial score (nSPS) is 21.5. The topological polar surface area (TPSA) is 54.5 Å². The van der Waals surface area contributed by atoms with Crippen molar-refractivity contribution in [1.82, 2.24) is 4.98 Å². The smallest absolute Gasteiger partial charge is 0.196 e. The highest BCUT2D eigenvalue weighted by molar-refractivity contribution is 9.10. The minimum absolute atomic E-state index is 0.360. The lowest BCUT2D eigenvalue weighted by atomic mass is 9.95. The number of hydrogen-bond donors (Lipinski definition) is 1. The summed E-state index contributed by atoms with van der Waals surface area (Å²) in [6.07, 6.45) is 1.22. The monoisotopic (exact) mass is 348 g/mol. The summed E-state index contributed by atoms with van der Waals surface area (Å²) >= 11 is 3.54. The average Bonchev–Trinajstić information content (AvgIpc) is 2.77. The summed E-state index contributed by atoms with van der Waals surface area (Å²) in [7, 11) is 0. The van der Waals surface area contributed by atoms with Gasteiger partial charge in [-0.3, -0.25) is 14.9 Å². The molecule has 3 rings (SSSR count). The van der Waals surface area contributed by atoms with Gasteiger partial charge in [0.25, 0.3) is 0 Å². The number of benzene rings is 1. The molecule has 6 heteroatoms. The number of anilines is 1. The minimum atomic E-state index is -0.540. The Morgan fingerprint density at radius 1 is 1.29 bits per heavy atom. The second-order valence-electron chi connectivity index (χ2n) is 5.10. The van der Waals surface area contributed by atoms with Gasteiger partial charge in [0.05, 0.1) is 24.1 Å². The molecule has 1 aromatic heterocycles. The number of pyridine rings is 1. The van der Waals surface area contributed by atoms with E-state index in [1.165, 1.54) is 12.3 Å². The van der Waals surface area contributed by atoms with E-state index in [1.807, 2.05) is 36.1 Å². The molecule has 108 valence electrons. The van der Waals surface area contributed by atoms with E-state index in [4.69, 9.17) is 5.73 Å². The van der Waals surface area contributed by atoms with E-state index in [-0.39, 0.29) is 5.82 Å². The van der Waals surface area contributed by atoms with Crippen molar-refractivity contribution in [2.24, 2.45) is 10.7 Å². The molecule has 2 aromatic rings. The lowest BCUT2D eigenvalue weighted by Crippen LogP contribution is -2.48. The van der Waals surface area contributed by atoms with Gasteiger partial charge in [-0.25, -0.2) is 4.39 Å². The number of nitrogens with two attached hydrogens (primary N) is 1. The molecule has 0 radical (unpaired) electrons. The van der Waals surface area contributed by atoms with Crippen LogP contribution in [0.1, 0.15) is 12.6 Å². The molecule has 1 aromatic carbocycles. The summed E-state index contributed by atoms with van der Waals surface area (Å²) in [6, 6.07) is 10.8. The van der Waals surface area contributed by atoms with Crippen LogP contribution in [0.15, 0.2) is 52.1 Å². The molecule has 0 fully saturated rings. The Morgan fingerprint density at radius 2 is 2.05 bits per heavy atom. The fraction of sp³-hybridized carbons (Fsp3) is 0.200. The molecular weight excluding hydrogens is 335 g/mol. The molecule has 2 N–H and O–H groups in total. The molecule has 0 spiro atoms. The van der Waals surface area contributed by atoms with Crippen molar-refractivity contribution in [2.75, 3.05) is 11.4 Å². The molecule has 21 heavy (non-hydrogen) atoms. The lowest BCUT2D eigenvalue weighted by molar-refractivity contribution is 0.510. The Balaban J connectivity index is 2.10. The van der Waals surface area contributed by atoms with Crippen molar-refractivity contribution in [2.45, 2.75) is 12.5 Å². The first-order valence-electron chi connectivity index (χ1n) is 6.49. The predicted octanol–water partition coefficient (Wildman–Crippen LogP) is 3.03. The van der Waals surface area contributed by atoms with Crippen molar-refractivity contribution in [1.29, 1.82) is 0 Å². The first-order valence-corrected chi connectivity index (χ1v) is 7.28. The van der Waals surface area contributed by atoms with Gasteiger partial charge in [-0.15, -0.1) is 0 Å². The van der Waals surface area contributed by atoms with Gasteiger partial charge in [-0.2, -0.15) is 0 Å². The van der Waals surface area contributed by atoms with Gasteiger partial charge in [0.1, 0.15) is 11.4 Å². The highest BCUT2D eigenvalue weighted by atomic mass is 79.9. The van der Waals surface area contributed by atoms with Crippen molar-refractivity contribution < 1.29 is 4.39 Å². The van der Waals surface area contributed by atoms with E-state index in [9.17, 15) is 4.39 Å². The molecule has 1 atom stereocenters. The number of para-hydroxylation sites is 1. The van der Waals surface area contributed by atoms with Crippen LogP contribution < -0.4 is 10.6 Å². The zero-order valence-corrected chi connectivity index (χ0v) is 13.0. The number of aromatic nitrogens is 1. The fourth-order valence-electron chi connectivity index (χ4n) is 2.54. The van der Waals surface area contributed by atoms with Crippen LogP contribution in [0.25, 0.3) is 0 Å². The number of guanidine groups is 1. The summed E-state index contributed by atoms with van der Waals surface area (Å²) in [4.78, 5) is 10.5. The molecule has 1 aliphatic heterocycles. The van der Waals surface area contributed by atoms with Crippen LogP contribution in [-0.2, 0) is 5.54 Å². The molecule has 0 bridgehead atoms. The zero-order chi connectivity index (χ0) is 15.0. The third-order valence-electron chi connectivity index (χ3n) is 3.64. The Hall–Kier alpha value is -1.95. The summed E-state index contributed by atoms with van der Waals surface area (Å²) in [6.45, 7) is 2.47. The summed E-state index contributed by atoms with van der Waals surface area (Å²) in [5, 5.41) is 0. The Labute approximate surface area is 130 Å². The maximum absolute atomic E-state index is 13.1. The Morgan fingerprint density at radius 3 is 2.71 bits per heavy atom. The van der Waals surface area contributed by atoms with Crippen LogP contribution in [0.5, 0.6) is 0 Å². The summed E-state index contributed by atoms with van der Waals surface area (Å²) < 4.78 is 14.0. The number of hydrogen-bond acceptors (Lipinski definition) is 4. The number of aliphatic imine (C=N–C) groups is 1. The molecule has 0 saturated carbocycles. The highest BCUT2D eigenvalue weighted by Crippen LogP contribution is 2.39. The molecule has 0 aliphatic carbocycles. The molecule has 4 nitrogen and oxygen atoms in total. The number of rotatable bonds is 2. The first kappa shape index (κ1) is 14.0. The lowest BCUT2D eigenvalue weighted by Gasteiger charge is -2.36. The van der Waals surface area contributed by atoms with Crippen LogP contribution in [0.2, 0.25) is 0 Å². The summed E-state index contributed by atoms with van der Waals surface area (Å²) in [5.41, 5.74) is 7.17. The van der Waals surface area contributed by atoms with E-state index >= 15 is 0 Å². The van der Waals surface area contributed by atoms with Crippen LogP contribution in [0, 0.1) is 5.82 Å². The van der Waals surface area contributed by atoms with Gasteiger partial charge >= 0.3 is 0 Å². The molecule has 1 unspecified atom stereocenters. The molecule has 0 saturated heterocycles. The third kappa shape index (κ3) is 2.29. The van der Waals surface area contributed by atoms with Crippen molar-refractivity contribution in [3.05, 3.63) is 58.6 Å². The van der Waals surface area contributed by atoms with Crippen LogP contribution in [0.3, 0.4) is 0 Å².